The predicted molar refractivity (Wildman–Crippen MR) is 88.8 cm³/mol. The highest BCUT2D eigenvalue weighted by molar-refractivity contribution is 6.01. The summed E-state index contributed by atoms with van der Waals surface area (Å²) in [5.74, 6) is 1.04. The maximum atomic E-state index is 12.9. The molecule has 1 aromatic heterocycles. The van der Waals surface area contributed by atoms with Crippen molar-refractivity contribution in [2.75, 3.05) is 16.8 Å². The Labute approximate surface area is 141 Å². The first-order valence-corrected chi connectivity index (χ1v) is 8.66. The van der Waals surface area contributed by atoms with Gasteiger partial charge in [-0.3, -0.25) is 15.0 Å². The van der Waals surface area contributed by atoms with E-state index in [1.807, 2.05) is 20.8 Å². The Balaban J connectivity index is 1.54. The van der Waals surface area contributed by atoms with Crippen molar-refractivity contribution in [1.29, 1.82) is 0 Å². The van der Waals surface area contributed by atoms with E-state index in [1.165, 1.54) is 12.8 Å². The molecule has 2 fully saturated rings. The van der Waals surface area contributed by atoms with Crippen LogP contribution in [0, 0.1) is 11.3 Å². The van der Waals surface area contributed by atoms with Crippen LogP contribution in [0.15, 0.2) is 6.20 Å². The van der Waals surface area contributed by atoms with Crippen LogP contribution in [0.3, 0.4) is 0 Å². The van der Waals surface area contributed by atoms with Crippen molar-refractivity contribution >= 4 is 23.5 Å². The SMILES string of the molecule is CC(C)(C)OC(=O)Nc1cnn2c1N(C(=O)C1CC13CC3)CCC2. The van der Waals surface area contributed by atoms with E-state index in [-0.39, 0.29) is 11.8 Å². The highest BCUT2D eigenvalue weighted by atomic mass is 16.6. The Morgan fingerprint density at radius 2 is 2.08 bits per heavy atom. The lowest BCUT2D eigenvalue weighted by atomic mass is 10.2. The van der Waals surface area contributed by atoms with Gasteiger partial charge in [0.05, 0.1) is 6.20 Å². The molecule has 24 heavy (non-hydrogen) atoms. The standard InChI is InChI=1S/C17H24N4O3/c1-16(2,3)24-15(23)19-12-10-18-21-8-4-7-20(13(12)21)14(22)11-9-17(11)5-6-17/h10-11H,4-9H2,1-3H3,(H,19,23). The minimum Gasteiger partial charge on any atom is -0.444 e. The first kappa shape index (κ1) is 15.5. The lowest BCUT2D eigenvalue weighted by Crippen LogP contribution is -2.39. The Morgan fingerprint density at radius 3 is 2.71 bits per heavy atom. The summed E-state index contributed by atoms with van der Waals surface area (Å²) < 4.78 is 7.11. The Hall–Kier alpha value is -2.05. The second-order valence-corrected chi connectivity index (χ2v) is 8.19. The summed E-state index contributed by atoms with van der Waals surface area (Å²) in [6.07, 6.45) is 5.34. The van der Waals surface area contributed by atoms with Gasteiger partial charge in [-0.25, -0.2) is 9.48 Å². The maximum absolute atomic E-state index is 12.9. The molecule has 0 aromatic carbocycles. The zero-order valence-corrected chi connectivity index (χ0v) is 14.5. The predicted octanol–water partition coefficient (Wildman–Crippen LogP) is 2.77. The number of ether oxygens (including phenoxy) is 1. The van der Waals surface area contributed by atoms with Crippen LogP contribution in [0.2, 0.25) is 0 Å². The molecule has 1 spiro atoms. The number of nitrogens with zero attached hydrogens (tertiary/aromatic N) is 3. The summed E-state index contributed by atoms with van der Waals surface area (Å²) in [5.41, 5.74) is 0.292. The van der Waals surface area contributed by atoms with Crippen LogP contribution in [0.25, 0.3) is 0 Å². The third kappa shape index (κ3) is 2.65. The Kier molecular flexibility index (Phi) is 3.21. The average Bonchev–Trinajstić information content (AvgIpc) is 3.39. The van der Waals surface area contributed by atoms with Gasteiger partial charge in [0.25, 0.3) is 0 Å². The fourth-order valence-corrected chi connectivity index (χ4v) is 3.63. The number of aromatic nitrogens is 2. The summed E-state index contributed by atoms with van der Waals surface area (Å²) in [4.78, 5) is 26.8. The van der Waals surface area contributed by atoms with Crippen LogP contribution in [0.5, 0.6) is 0 Å². The van der Waals surface area contributed by atoms with Gasteiger partial charge in [-0.2, -0.15) is 5.10 Å². The Morgan fingerprint density at radius 1 is 1.33 bits per heavy atom. The molecular formula is C17H24N4O3. The molecule has 1 unspecified atom stereocenters. The molecule has 3 aliphatic rings. The van der Waals surface area contributed by atoms with Gasteiger partial charge in [0.15, 0.2) is 5.82 Å². The molecule has 0 radical (unpaired) electrons. The van der Waals surface area contributed by atoms with Crippen LogP contribution < -0.4 is 10.2 Å². The van der Waals surface area contributed by atoms with Gasteiger partial charge in [0.1, 0.15) is 11.3 Å². The zero-order chi connectivity index (χ0) is 17.1. The zero-order valence-electron chi connectivity index (χ0n) is 14.5. The molecule has 2 aliphatic carbocycles. The molecule has 1 aliphatic heterocycles. The van der Waals surface area contributed by atoms with Crippen molar-refractivity contribution in [2.45, 2.75) is 58.6 Å². The molecule has 0 saturated heterocycles. The van der Waals surface area contributed by atoms with Crippen LogP contribution in [-0.4, -0.2) is 33.9 Å². The molecule has 7 nitrogen and oxygen atoms in total. The number of amides is 2. The summed E-state index contributed by atoms with van der Waals surface area (Å²) in [6, 6.07) is 0. The number of nitrogens with one attached hydrogen (secondary N) is 1. The van der Waals surface area contributed by atoms with Gasteiger partial charge in [-0.15, -0.1) is 0 Å². The number of carbonyl (C=O) groups is 2. The first-order chi connectivity index (χ1) is 11.3. The third-order valence-electron chi connectivity index (χ3n) is 5.10. The number of aryl methyl sites for hydroxylation is 1. The monoisotopic (exact) mass is 332 g/mol. The molecule has 2 saturated carbocycles. The van der Waals surface area contributed by atoms with E-state index >= 15 is 0 Å². The summed E-state index contributed by atoms with van der Waals surface area (Å²) in [7, 11) is 0. The summed E-state index contributed by atoms with van der Waals surface area (Å²) in [5, 5.41) is 7.07. The second kappa shape index (κ2) is 4.97. The quantitative estimate of drug-likeness (QED) is 0.903. The van der Waals surface area contributed by atoms with Gasteiger partial charge in [-0.05, 0) is 51.9 Å². The fraction of sp³-hybridized carbons (Fsp3) is 0.706. The molecule has 0 bridgehead atoms. The van der Waals surface area contributed by atoms with E-state index in [4.69, 9.17) is 4.74 Å². The van der Waals surface area contributed by atoms with E-state index in [2.05, 4.69) is 10.4 Å². The van der Waals surface area contributed by atoms with Crippen molar-refractivity contribution in [3.63, 3.8) is 0 Å². The lowest BCUT2D eigenvalue weighted by molar-refractivity contribution is -0.120. The van der Waals surface area contributed by atoms with E-state index in [0.29, 0.717) is 23.5 Å². The normalized spacial score (nSPS) is 23.6. The van der Waals surface area contributed by atoms with E-state index in [9.17, 15) is 9.59 Å². The highest BCUT2D eigenvalue weighted by Crippen LogP contribution is 2.71. The van der Waals surface area contributed by atoms with Crippen LogP contribution >= 0.6 is 0 Å². The highest BCUT2D eigenvalue weighted by Gasteiger charge is 2.66. The molecular weight excluding hydrogens is 308 g/mol. The number of fused-ring (bicyclic) bond motifs is 1. The molecule has 4 rings (SSSR count). The molecule has 7 heteroatoms. The topological polar surface area (TPSA) is 76.5 Å². The van der Waals surface area contributed by atoms with Gasteiger partial charge < -0.3 is 4.74 Å². The molecule has 1 N–H and O–H groups in total. The average molecular weight is 332 g/mol. The van der Waals surface area contributed by atoms with E-state index < -0.39 is 11.7 Å². The minimum atomic E-state index is -0.570. The molecule has 130 valence electrons. The van der Waals surface area contributed by atoms with Crippen molar-refractivity contribution in [1.82, 2.24) is 9.78 Å². The second-order valence-electron chi connectivity index (χ2n) is 8.19. The number of anilines is 2. The summed E-state index contributed by atoms with van der Waals surface area (Å²) >= 11 is 0. The van der Waals surface area contributed by atoms with Crippen LogP contribution in [0.1, 0.15) is 46.5 Å². The number of hydrogen-bond donors (Lipinski definition) is 1. The molecule has 1 atom stereocenters. The van der Waals surface area contributed by atoms with Crippen molar-refractivity contribution in [3.05, 3.63) is 6.20 Å². The Bertz CT molecular complexity index is 699. The van der Waals surface area contributed by atoms with Gasteiger partial charge in [0.2, 0.25) is 5.91 Å². The third-order valence-corrected chi connectivity index (χ3v) is 5.10. The maximum Gasteiger partial charge on any atom is 0.412 e. The largest absolute Gasteiger partial charge is 0.444 e. The number of rotatable bonds is 2. The molecule has 1 aromatic rings. The van der Waals surface area contributed by atoms with Crippen LogP contribution in [0.4, 0.5) is 16.3 Å². The van der Waals surface area contributed by atoms with Crippen molar-refractivity contribution in [3.8, 4) is 0 Å². The number of hydrogen-bond acceptors (Lipinski definition) is 4. The van der Waals surface area contributed by atoms with Gasteiger partial charge >= 0.3 is 6.09 Å². The van der Waals surface area contributed by atoms with Crippen molar-refractivity contribution in [2.24, 2.45) is 11.3 Å². The fourth-order valence-electron chi connectivity index (χ4n) is 3.63. The molecule has 2 heterocycles. The summed E-state index contributed by atoms with van der Waals surface area (Å²) in [6.45, 7) is 6.89. The lowest BCUT2D eigenvalue weighted by Gasteiger charge is -2.29. The van der Waals surface area contributed by atoms with Gasteiger partial charge in [-0.1, -0.05) is 0 Å². The van der Waals surface area contributed by atoms with Crippen molar-refractivity contribution < 1.29 is 14.3 Å². The van der Waals surface area contributed by atoms with Gasteiger partial charge in [0, 0.05) is 19.0 Å². The minimum absolute atomic E-state index is 0.160. The van der Waals surface area contributed by atoms with Crippen LogP contribution in [-0.2, 0) is 16.1 Å². The smallest absolute Gasteiger partial charge is 0.412 e. The molecule has 2 amide bonds. The number of carbonyl (C=O) groups excluding carboxylic acids is 2. The first-order valence-electron chi connectivity index (χ1n) is 8.66. The van der Waals surface area contributed by atoms with E-state index in [1.54, 1.807) is 15.8 Å². The van der Waals surface area contributed by atoms with E-state index in [0.717, 1.165) is 19.4 Å².